The summed E-state index contributed by atoms with van der Waals surface area (Å²) in [5, 5.41) is 8.71. The van der Waals surface area contributed by atoms with Crippen molar-refractivity contribution in [1.82, 2.24) is 4.90 Å². The normalized spacial score (nSPS) is 10.8. The van der Waals surface area contributed by atoms with Crippen molar-refractivity contribution in [3.05, 3.63) is 35.4 Å². The summed E-state index contributed by atoms with van der Waals surface area (Å²) < 4.78 is 10.8. The topological polar surface area (TPSA) is 62.6 Å². The first kappa shape index (κ1) is 17.0. The molecular weight excluding hydrogens is 268 g/mol. The number of amides is 1. The lowest BCUT2D eigenvalue weighted by atomic mass is 10.2. The molecule has 0 saturated heterocycles. The van der Waals surface area contributed by atoms with Crippen LogP contribution in [0.4, 0.5) is 4.79 Å². The Morgan fingerprint density at radius 3 is 2.43 bits per heavy atom. The van der Waals surface area contributed by atoms with Gasteiger partial charge in [0.05, 0.1) is 24.8 Å². The third-order valence-electron chi connectivity index (χ3n) is 2.63. The fourth-order valence-electron chi connectivity index (χ4n) is 1.50. The highest BCUT2D eigenvalue weighted by Crippen LogP contribution is 2.09. The maximum atomic E-state index is 11.7. The molecule has 0 aliphatic heterocycles. The van der Waals surface area contributed by atoms with Crippen molar-refractivity contribution in [3.8, 4) is 6.07 Å². The second kappa shape index (κ2) is 7.65. The molecule has 0 heterocycles. The molecule has 0 unspecified atom stereocenters. The van der Waals surface area contributed by atoms with Crippen LogP contribution in [-0.2, 0) is 16.1 Å². The van der Waals surface area contributed by atoms with E-state index < -0.39 is 5.60 Å². The number of rotatable bonds is 5. The van der Waals surface area contributed by atoms with E-state index in [-0.39, 0.29) is 6.09 Å². The van der Waals surface area contributed by atoms with Crippen LogP contribution < -0.4 is 0 Å². The van der Waals surface area contributed by atoms with E-state index in [1.165, 1.54) is 4.90 Å². The first-order valence-corrected chi connectivity index (χ1v) is 6.83. The number of likely N-dealkylation sites (N-methyl/N-ethyl adjacent to an activating group) is 1. The highest BCUT2D eigenvalue weighted by atomic mass is 16.6. The Hall–Kier alpha value is -2.06. The van der Waals surface area contributed by atoms with Crippen molar-refractivity contribution in [2.24, 2.45) is 0 Å². The molecule has 0 radical (unpaired) electrons. The minimum atomic E-state index is -0.491. The average molecular weight is 290 g/mol. The number of benzene rings is 1. The molecule has 5 heteroatoms. The highest BCUT2D eigenvalue weighted by molar-refractivity contribution is 5.67. The third-order valence-corrected chi connectivity index (χ3v) is 2.63. The molecule has 1 amide bonds. The Labute approximate surface area is 126 Å². The lowest BCUT2D eigenvalue weighted by molar-refractivity contribution is 0.0221. The summed E-state index contributed by atoms with van der Waals surface area (Å²) in [7, 11) is 1.68. The monoisotopic (exact) mass is 290 g/mol. The lowest BCUT2D eigenvalue weighted by Gasteiger charge is -2.24. The van der Waals surface area contributed by atoms with Crippen LogP contribution in [-0.4, -0.2) is 36.8 Å². The molecular formula is C16H22N2O3. The Bertz CT molecular complexity index is 498. The summed E-state index contributed by atoms with van der Waals surface area (Å²) in [5.41, 5.74) is 1.13. The predicted molar refractivity (Wildman–Crippen MR) is 79.7 cm³/mol. The maximum absolute atomic E-state index is 11.7. The van der Waals surface area contributed by atoms with Crippen molar-refractivity contribution in [2.45, 2.75) is 33.0 Å². The van der Waals surface area contributed by atoms with Gasteiger partial charge in [-0.3, -0.25) is 0 Å². The van der Waals surface area contributed by atoms with Crippen molar-refractivity contribution >= 4 is 6.09 Å². The molecule has 5 nitrogen and oxygen atoms in total. The van der Waals surface area contributed by atoms with Gasteiger partial charge in [0, 0.05) is 13.6 Å². The second-order valence-corrected chi connectivity index (χ2v) is 5.76. The molecule has 1 rings (SSSR count). The third kappa shape index (κ3) is 6.77. The zero-order valence-corrected chi connectivity index (χ0v) is 13.0. The van der Waals surface area contributed by atoms with Gasteiger partial charge >= 0.3 is 6.09 Å². The SMILES string of the molecule is CN(CCOCc1ccc(C#N)cc1)C(=O)OC(C)(C)C. The van der Waals surface area contributed by atoms with E-state index in [2.05, 4.69) is 6.07 Å². The standard InChI is InChI=1S/C16H22N2O3/c1-16(2,3)21-15(19)18(4)9-10-20-12-14-7-5-13(11-17)6-8-14/h5-8H,9-10,12H2,1-4H3. The van der Waals surface area contributed by atoms with E-state index in [0.717, 1.165) is 5.56 Å². The van der Waals surface area contributed by atoms with Crippen LogP contribution in [0.15, 0.2) is 24.3 Å². The van der Waals surface area contributed by atoms with Gasteiger partial charge in [-0.05, 0) is 38.5 Å². The minimum absolute atomic E-state index is 0.357. The van der Waals surface area contributed by atoms with Crippen molar-refractivity contribution in [3.63, 3.8) is 0 Å². The van der Waals surface area contributed by atoms with Gasteiger partial charge in [-0.1, -0.05) is 12.1 Å². The summed E-state index contributed by atoms with van der Waals surface area (Å²) in [6.45, 7) is 6.84. The maximum Gasteiger partial charge on any atom is 0.410 e. The van der Waals surface area contributed by atoms with Crippen LogP contribution in [0.3, 0.4) is 0 Å². The molecule has 0 aromatic heterocycles. The fraction of sp³-hybridized carbons (Fsp3) is 0.500. The van der Waals surface area contributed by atoms with Gasteiger partial charge in [0.2, 0.25) is 0 Å². The summed E-state index contributed by atoms with van der Waals surface area (Å²) in [5.74, 6) is 0. The molecule has 0 atom stereocenters. The molecule has 0 spiro atoms. The number of hydrogen-bond acceptors (Lipinski definition) is 4. The summed E-state index contributed by atoms with van der Waals surface area (Å²) in [4.78, 5) is 13.2. The average Bonchev–Trinajstić information content (AvgIpc) is 2.42. The highest BCUT2D eigenvalue weighted by Gasteiger charge is 2.19. The number of ether oxygens (including phenoxy) is 2. The van der Waals surface area contributed by atoms with Gasteiger partial charge < -0.3 is 14.4 Å². The Balaban J connectivity index is 2.27. The zero-order valence-electron chi connectivity index (χ0n) is 13.0. The first-order valence-electron chi connectivity index (χ1n) is 6.83. The van der Waals surface area contributed by atoms with Gasteiger partial charge in [0.25, 0.3) is 0 Å². The number of carbonyl (C=O) groups excluding carboxylic acids is 1. The van der Waals surface area contributed by atoms with E-state index in [1.807, 2.05) is 32.9 Å². The molecule has 1 aromatic rings. The van der Waals surface area contributed by atoms with Gasteiger partial charge in [-0.15, -0.1) is 0 Å². The minimum Gasteiger partial charge on any atom is -0.444 e. The Morgan fingerprint density at radius 2 is 1.90 bits per heavy atom. The van der Waals surface area contributed by atoms with Gasteiger partial charge in [0.15, 0.2) is 0 Å². The smallest absolute Gasteiger partial charge is 0.410 e. The van der Waals surface area contributed by atoms with Crippen molar-refractivity contribution < 1.29 is 14.3 Å². The van der Waals surface area contributed by atoms with Crippen LogP contribution in [0, 0.1) is 11.3 Å². The molecule has 0 N–H and O–H groups in total. The lowest BCUT2D eigenvalue weighted by Crippen LogP contribution is -2.36. The number of hydrogen-bond donors (Lipinski definition) is 0. The molecule has 1 aromatic carbocycles. The van der Waals surface area contributed by atoms with Crippen LogP contribution in [0.1, 0.15) is 31.9 Å². The quantitative estimate of drug-likeness (QED) is 0.782. The molecule has 114 valence electrons. The summed E-state index contributed by atoms with van der Waals surface area (Å²) >= 11 is 0. The molecule has 0 saturated carbocycles. The van der Waals surface area contributed by atoms with Gasteiger partial charge in [-0.25, -0.2) is 4.79 Å². The zero-order chi connectivity index (χ0) is 15.9. The molecule has 0 aliphatic carbocycles. The van der Waals surface area contributed by atoms with Crippen molar-refractivity contribution in [2.75, 3.05) is 20.2 Å². The largest absolute Gasteiger partial charge is 0.444 e. The van der Waals surface area contributed by atoms with Crippen LogP contribution >= 0.6 is 0 Å². The van der Waals surface area contributed by atoms with Gasteiger partial charge in [-0.2, -0.15) is 5.26 Å². The van der Waals surface area contributed by atoms with E-state index in [9.17, 15) is 4.79 Å². The molecule has 0 aliphatic rings. The number of carbonyl (C=O) groups is 1. The van der Waals surface area contributed by atoms with E-state index in [4.69, 9.17) is 14.7 Å². The summed E-state index contributed by atoms with van der Waals surface area (Å²) in [6.07, 6.45) is -0.357. The first-order chi connectivity index (χ1) is 9.81. The van der Waals surface area contributed by atoms with Crippen LogP contribution in [0.2, 0.25) is 0 Å². The fourth-order valence-corrected chi connectivity index (χ4v) is 1.50. The molecule has 0 bridgehead atoms. The van der Waals surface area contributed by atoms with Crippen LogP contribution in [0.5, 0.6) is 0 Å². The second-order valence-electron chi connectivity index (χ2n) is 5.76. The Kier molecular flexibility index (Phi) is 6.19. The van der Waals surface area contributed by atoms with Crippen LogP contribution in [0.25, 0.3) is 0 Å². The van der Waals surface area contributed by atoms with E-state index >= 15 is 0 Å². The number of nitriles is 1. The Morgan fingerprint density at radius 1 is 1.29 bits per heavy atom. The van der Waals surface area contributed by atoms with Gasteiger partial charge in [0.1, 0.15) is 5.60 Å². The predicted octanol–water partition coefficient (Wildman–Crippen LogP) is 2.94. The number of nitrogens with zero attached hydrogens (tertiary/aromatic N) is 2. The molecule has 21 heavy (non-hydrogen) atoms. The molecule has 0 fully saturated rings. The van der Waals surface area contributed by atoms with E-state index in [0.29, 0.717) is 25.3 Å². The van der Waals surface area contributed by atoms with E-state index in [1.54, 1.807) is 19.2 Å². The summed E-state index contributed by atoms with van der Waals surface area (Å²) in [6, 6.07) is 9.29. The van der Waals surface area contributed by atoms with Crippen molar-refractivity contribution in [1.29, 1.82) is 5.26 Å².